The van der Waals surface area contributed by atoms with Crippen molar-refractivity contribution in [1.29, 1.82) is 0 Å². The van der Waals surface area contributed by atoms with E-state index in [0.29, 0.717) is 30.9 Å². The van der Waals surface area contributed by atoms with Crippen LogP contribution in [0.4, 0.5) is 0 Å². The van der Waals surface area contributed by atoms with Crippen LogP contribution in [0.3, 0.4) is 0 Å². The number of Topliss-reactive ketones (excluding diaryl/α,β-unsaturated/α-hetero) is 1. The number of benzene rings is 1. The molecular formula is C20H31NO2. The van der Waals surface area contributed by atoms with Gasteiger partial charge in [-0.2, -0.15) is 0 Å². The Bertz CT molecular complexity index is 528. The van der Waals surface area contributed by atoms with Gasteiger partial charge in [-0.05, 0) is 48.8 Å². The van der Waals surface area contributed by atoms with Crippen molar-refractivity contribution in [3.63, 3.8) is 0 Å². The molecule has 0 bridgehead atoms. The summed E-state index contributed by atoms with van der Waals surface area (Å²) < 4.78 is 5.68. The zero-order chi connectivity index (χ0) is 17.0. The third-order valence-electron chi connectivity index (χ3n) is 4.58. The monoisotopic (exact) mass is 317 g/mol. The van der Waals surface area contributed by atoms with Crippen molar-refractivity contribution < 1.29 is 9.53 Å². The van der Waals surface area contributed by atoms with Crippen LogP contribution in [0.1, 0.15) is 62.9 Å². The van der Waals surface area contributed by atoms with Crippen molar-refractivity contribution in [1.82, 2.24) is 4.90 Å². The third-order valence-corrected chi connectivity index (χ3v) is 4.58. The third kappa shape index (κ3) is 4.81. The zero-order valence-corrected chi connectivity index (χ0v) is 15.3. The van der Waals surface area contributed by atoms with Crippen LogP contribution in [0.25, 0.3) is 0 Å². The van der Waals surface area contributed by atoms with Crippen LogP contribution in [0.15, 0.2) is 18.2 Å². The molecule has 0 amide bonds. The number of carbonyl (C=O) groups is 1. The van der Waals surface area contributed by atoms with Crippen molar-refractivity contribution in [2.75, 3.05) is 26.2 Å². The first kappa shape index (κ1) is 18.0. The lowest BCUT2D eigenvalue weighted by Gasteiger charge is -2.34. The fourth-order valence-corrected chi connectivity index (χ4v) is 3.62. The molecule has 1 heterocycles. The number of hydrogen-bond donors (Lipinski definition) is 0. The van der Waals surface area contributed by atoms with E-state index in [9.17, 15) is 4.79 Å². The minimum absolute atomic E-state index is 0.178. The number of hydrogen-bond acceptors (Lipinski definition) is 3. The summed E-state index contributed by atoms with van der Waals surface area (Å²) in [6.45, 7) is 13.9. The van der Waals surface area contributed by atoms with Crippen LogP contribution < -0.4 is 4.74 Å². The molecule has 0 saturated carbocycles. The van der Waals surface area contributed by atoms with Crippen molar-refractivity contribution in [3.8, 4) is 5.75 Å². The molecule has 2 unspecified atom stereocenters. The summed E-state index contributed by atoms with van der Waals surface area (Å²) in [7, 11) is 0. The first-order valence-electron chi connectivity index (χ1n) is 8.93. The molecule has 128 valence electrons. The molecule has 1 aliphatic rings. The van der Waals surface area contributed by atoms with E-state index in [0.717, 1.165) is 24.4 Å². The quantitative estimate of drug-likeness (QED) is 0.730. The molecule has 23 heavy (non-hydrogen) atoms. The highest BCUT2D eigenvalue weighted by Crippen LogP contribution is 2.26. The molecule has 2 atom stereocenters. The molecule has 1 saturated heterocycles. The summed E-state index contributed by atoms with van der Waals surface area (Å²) >= 11 is 0. The molecule has 0 aliphatic carbocycles. The van der Waals surface area contributed by atoms with E-state index in [1.165, 1.54) is 12.0 Å². The van der Waals surface area contributed by atoms with E-state index in [2.05, 4.69) is 38.7 Å². The van der Waals surface area contributed by atoms with Crippen LogP contribution >= 0.6 is 0 Å². The van der Waals surface area contributed by atoms with Gasteiger partial charge in [-0.3, -0.25) is 9.69 Å². The lowest BCUT2D eigenvalue weighted by Crippen LogP contribution is -2.41. The second-order valence-electron chi connectivity index (χ2n) is 7.41. The second kappa shape index (κ2) is 7.96. The van der Waals surface area contributed by atoms with E-state index in [1.807, 2.05) is 19.1 Å². The zero-order valence-electron chi connectivity index (χ0n) is 15.3. The Labute approximate surface area is 141 Å². The summed E-state index contributed by atoms with van der Waals surface area (Å²) in [5.41, 5.74) is 1.93. The molecule has 3 nitrogen and oxygen atoms in total. The van der Waals surface area contributed by atoms with Gasteiger partial charge in [-0.15, -0.1) is 0 Å². The Morgan fingerprint density at radius 2 is 1.91 bits per heavy atom. The van der Waals surface area contributed by atoms with Crippen LogP contribution in [0.5, 0.6) is 5.75 Å². The number of ether oxygens (including phenoxy) is 1. The van der Waals surface area contributed by atoms with Gasteiger partial charge in [0, 0.05) is 13.1 Å². The lowest BCUT2D eigenvalue weighted by atomic mass is 9.91. The van der Waals surface area contributed by atoms with Crippen molar-refractivity contribution in [2.24, 2.45) is 11.8 Å². The molecular weight excluding hydrogens is 286 g/mol. The smallest absolute Gasteiger partial charge is 0.180 e. The molecule has 0 radical (unpaired) electrons. The van der Waals surface area contributed by atoms with E-state index >= 15 is 0 Å². The Hall–Kier alpha value is -1.35. The van der Waals surface area contributed by atoms with Crippen molar-refractivity contribution >= 4 is 5.78 Å². The van der Waals surface area contributed by atoms with Gasteiger partial charge in [0.15, 0.2) is 5.78 Å². The molecule has 0 spiro atoms. The molecule has 2 rings (SSSR count). The molecule has 1 aliphatic heterocycles. The topological polar surface area (TPSA) is 29.5 Å². The molecule has 1 aromatic carbocycles. The maximum atomic E-state index is 12.9. The number of likely N-dealkylation sites (tertiary alicyclic amines) is 1. The van der Waals surface area contributed by atoms with Crippen molar-refractivity contribution in [3.05, 3.63) is 29.3 Å². The number of carbonyl (C=O) groups excluding carboxylic acids is 1. The highest BCUT2D eigenvalue weighted by Gasteiger charge is 2.25. The first-order valence-corrected chi connectivity index (χ1v) is 8.93. The fraction of sp³-hybridized carbons (Fsp3) is 0.650. The van der Waals surface area contributed by atoms with E-state index < -0.39 is 0 Å². The molecule has 0 aromatic heterocycles. The van der Waals surface area contributed by atoms with Crippen LogP contribution in [0.2, 0.25) is 0 Å². The van der Waals surface area contributed by atoms with Gasteiger partial charge in [-0.25, -0.2) is 0 Å². The minimum Gasteiger partial charge on any atom is -0.493 e. The number of nitrogens with zero attached hydrogens (tertiary/aromatic N) is 1. The van der Waals surface area contributed by atoms with E-state index in [4.69, 9.17) is 4.74 Å². The summed E-state index contributed by atoms with van der Waals surface area (Å²) in [4.78, 5) is 15.2. The Balaban J connectivity index is 2.17. The molecule has 3 heteroatoms. The standard InChI is InChI=1S/C20H31NO2/c1-6-23-20-8-7-17(14(2)3)10-18(20)19(22)13-21-11-15(4)9-16(5)12-21/h7-8,10,14-16H,6,9,11-13H2,1-5H3. The number of piperidine rings is 1. The summed E-state index contributed by atoms with van der Waals surface area (Å²) in [6, 6.07) is 6.04. The summed E-state index contributed by atoms with van der Waals surface area (Å²) in [5.74, 6) is 2.64. The van der Waals surface area contributed by atoms with Crippen LogP contribution in [-0.2, 0) is 0 Å². The van der Waals surface area contributed by atoms with E-state index in [1.54, 1.807) is 0 Å². The van der Waals surface area contributed by atoms with Gasteiger partial charge < -0.3 is 4.74 Å². The van der Waals surface area contributed by atoms with Gasteiger partial charge in [-0.1, -0.05) is 33.8 Å². The Kier molecular flexibility index (Phi) is 6.23. The number of ketones is 1. The van der Waals surface area contributed by atoms with Gasteiger partial charge in [0.05, 0.1) is 18.7 Å². The van der Waals surface area contributed by atoms with Gasteiger partial charge in [0.25, 0.3) is 0 Å². The second-order valence-corrected chi connectivity index (χ2v) is 7.41. The average Bonchev–Trinajstić information content (AvgIpc) is 2.46. The molecule has 1 aromatic rings. The van der Waals surface area contributed by atoms with Gasteiger partial charge >= 0.3 is 0 Å². The lowest BCUT2D eigenvalue weighted by molar-refractivity contribution is 0.0846. The fourth-order valence-electron chi connectivity index (χ4n) is 3.62. The average molecular weight is 317 g/mol. The van der Waals surface area contributed by atoms with Gasteiger partial charge in [0.1, 0.15) is 5.75 Å². The maximum Gasteiger partial charge on any atom is 0.180 e. The Morgan fingerprint density at radius 3 is 2.48 bits per heavy atom. The number of rotatable bonds is 6. The molecule has 0 N–H and O–H groups in total. The normalized spacial score (nSPS) is 22.3. The molecule has 1 fully saturated rings. The first-order chi connectivity index (χ1) is 10.9. The largest absolute Gasteiger partial charge is 0.493 e. The predicted molar refractivity (Wildman–Crippen MR) is 95.4 cm³/mol. The highest BCUT2D eigenvalue weighted by molar-refractivity contribution is 6.00. The Morgan fingerprint density at radius 1 is 1.26 bits per heavy atom. The highest BCUT2D eigenvalue weighted by atomic mass is 16.5. The van der Waals surface area contributed by atoms with E-state index in [-0.39, 0.29) is 5.78 Å². The predicted octanol–water partition coefficient (Wildman–Crippen LogP) is 4.37. The minimum atomic E-state index is 0.178. The maximum absolute atomic E-state index is 12.9. The van der Waals surface area contributed by atoms with Gasteiger partial charge in [0.2, 0.25) is 0 Å². The summed E-state index contributed by atoms with van der Waals surface area (Å²) in [6.07, 6.45) is 1.26. The van der Waals surface area contributed by atoms with Crippen LogP contribution in [-0.4, -0.2) is 36.9 Å². The summed E-state index contributed by atoms with van der Waals surface area (Å²) in [5, 5.41) is 0. The SMILES string of the molecule is CCOc1ccc(C(C)C)cc1C(=O)CN1CC(C)CC(C)C1. The van der Waals surface area contributed by atoms with Crippen molar-refractivity contribution in [2.45, 2.75) is 47.0 Å². The van der Waals surface area contributed by atoms with Crippen LogP contribution in [0, 0.1) is 11.8 Å².